The number of nitrogens with zero attached hydrogens (tertiary/aromatic N) is 2. The standard InChI is InChI=1S/C20H20N2/c1-13-5-3-7-19(21-13)17-11-16-10-9-15(17)12-18(16)20-8-4-6-14(2)22-20/h3-8,11-12,15-16H,9-10H2,1-2H3/t15-,16-/m1/s1. The minimum atomic E-state index is 0.483. The fraction of sp³-hybridized carbons (Fsp3) is 0.300. The predicted molar refractivity (Wildman–Crippen MR) is 90.1 cm³/mol. The molecule has 2 heteroatoms. The normalized spacial score (nSPS) is 23.2. The van der Waals surface area contributed by atoms with E-state index in [2.05, 4.69) is 62.4 Å². The molecule has 0 aliphatic heterocycles. The Kier molecular flexibility index (Phi) is 3.18. The van der Waals surface area contributed by atoms with Crippen LogP contribution in [0.5, 0.6) is 0 Å². The molecule has 0 saturated carbocycles. The van der Waals surface area contributed by atoms with Gasteiger partial charge in [-0.15, -0.1) is 0 Å². The van der Waals surface area contributed by atoms with Crippen molar-refractivity contribution in [2.45, 2.75) is 26.7 Å². The highest BCUT2D eigenvalue weighted by Gasteiger charge is 2.32. The summed E-state index contributed by atoms with van der Waals surface area (Å²) >= 11 is 0. The third-order valence-corrected chi connectivity index (χ3v) is 4.72. The summed E-state index contributed by atoms with van der Waals surface area (Å²) in [7, 11) is 0. The SMILES string of the molecule is Cc1cccc(C2=C[C@H]3CC[C@@H]2C=C3c2cccc(C)n2)n1. The Hall–Kier alpha value is -2.22. The lowest BCUT2D eigenvalue weighted by molar-refractivity contribution is 0.554. The maximum Gasteiger partial charge on any atom is 0.0667 e. The summed E-state index contributed by atoms with van der Waals surface area (Å²) in [4.78, 5) is 9.43. The van der Waals surface area contributed by atoms with Crippen LogP contribution in [0.3, 0.4) is 0 Å². The van der Waals surface area contributed by atoms with Crippen LogP contribution in [0, 0.1) is 25.7 Å². The molecule has 3 aliphatic rings. The molecule has 0 unspecified atom stereocenters. The molecule has 5 rings (SSSR count). The Balaban J connectivity index is 1.71. The van der Waals surface area contributed by atoms with Gasteiger partial charge in [0.05, 0.1) is 11.4 Å². The fourth-order valence-electron chi connectivity index (χ4n) is 3.66. The Morgan fingerprint density at radius 2 is 1.18 bits per heavy atom. The number of fused-ring (bicyclic) bond motifs is 1. The van der Waals surface area contributed by atoms with E-state index in [4.69, 9.17) is 9.97 Å². The number of rotatable bonds is 2. The summed E-state index contributed by atoms with van der Waals surface area (Å²) in [6.07, 6.45) is 7.30. The van der Waals surface area contributed by atoms with E-state index in [1.165, 1.54) is 24.0 Å². The molecule has 2 aromatic rings. The molecule has 2 bridgehead atoms. The minimum absolute atomic E-state index is 0.483. The zero-order valence-corrected chi connectivity index (χ0v) is 13.1. The van der Waals surface area contributed by atoms with Gasteiger partial charge >= 0.3 is 0 Å². The third kappa shape index (κ3) is 2.29. The largest absolute Gasteiger partial charge is 0.253 e. The summed E-state index contributed by atoms with van der Waals surface area (Å²) in [5.41, 5.74) is 7.26. The molecule has 3 aliphatic carbocycles. The number of hydrogen-bond acceptors (Lipinski definition) is 2. The Labute approximate surface area is 131 Å². The molecule has 22 heavy (non-hydrogen) atoms. The van der Waals surface area contributed by atoms with Gasteiger partial charge in [-0.1, -0.05) is 24.3 Å². The van der Waals surface area contributed by atoms with Crippen molar-refractivity contribution in [3.8, 4) is 0 Å². The van der Waals surface area contributed by atoms with Gasteiger partial charge in [-0.3, -0.25) is 9.97 Å². The van der Waals surface area contributed by atoms with Gasteiger partial charge in [0.1, 0.15) is 0 Å². The molecule has 0 fully saturated rings. The smallest absolute Gasteiger partial charge is 0.0667 e. The number of aryl methyl sites for hydroxylation is 2. The van der Waals surface area contributed by atoms with Crippen molar-refractivity contribution in [2.75, 3.05) is 0 Å². The predicted octanol–water partition coefficient (Wildman–Crippen LogP) is 4.60. The molecule has 0 spiro atoms. The lowest BCUT2D eigenvalue weighted by Gasteiger charge is -2.34. The molecule has 2 nitrogen and oxygen atoms in total. The number of pyridine rings is 2. The van der Waals surface area contributed by atoms with Crippen molar-refractivity contribution < 1.29 is 0 Å². The zero-order valence-electron chi connectivity index (χ0n) is 13.1. The van der Waals surface area contributed by atoms with Crippen molar-refractivity contribution in [2.24, 2.45) is 11.8 Å². The second-order valence-corrected chi connectivity index (χ2v) is 6.36. The molecule has 0 amide bonds. The van der Waals surface area contributed by atoms with E-state index in [0.717, 1.165) is 22.8 Å². The van der Waals surface area contributed by atoms with Crippen LogP contribution in [0.15, 0.2) is 48.6 Å². The van der Waals surface area contributed by atoms with Crippen LogP contribution in [0.1, 0.15) is 35.6 Å². The fourth-order valence-corrected chi connectivity index (χ4v) is 3.66. The average Bonchev–Trinajstić information content (AvgIpc) is 2.55. The molecule has 0 saturated heterocycles. The van der Waals surface area contributed by atoms with Crippen LogP contribution in [0.4, 0.5) is 0 Å². The monoisotopic (exact) mass is 288 g/mol. The summed E-state index contributed by atoms with van der Waals surface area (Å²) in [6, 6.07) is 12.6. The van der Waals surface area contributed by atoms with Crippen LogP contribution >= 0.6 is 0 Å². The van der Waals surface area contributed by atoms with Crippen molar-refractivity contribution in [1.29, 1.82) is 0 Å². The highest BCUT2D eigenvalue weighted by molar-refractivity contribution is 5.80. The van der Waals surface area contributed by atoms with Gasteiger partial charge in [0, 0.05) is 23.2 Å². The van der Waals surface area contributed by atoms with Crippen LogP contribution < -0.4 is 0 Å². The summed E-state index contributed by atoms with van der Waals surface area (Å²) < 4.78 is 0. The first-order chi connectivity index (χ1) is 10.7. The first kappa shape index (κ1) is 13.4. The Morgan fingerprint density at radius 3 is 1.55 bits per heavy atom. The van der Waals surface area contributed by atoms with Gasteiger partial charge in [-0.05, 0) is 62.1 Å². The van der Waals surface area contributed by atoms with E-state index in [-0.39, 0.29) is 0 Å². The van der Waals surface area contributed by atoms with E-state index in [1.54, 1.807) is 0 Å². The summed E-state index contributed by atoms with van der Waals surface area (Å²) in [5.74, 6) is 0.966. The zero-order chi connectivity index (χ0) is 15.1. The molecular weight excluding hydrogens is 268 g/mol. The van der Waals surface area contributed by atoms with Crippen LogP contribution in [-0.4, -0.2) is 9.97 Å². The van der Waals surface area contributed by atoms with Gasteiger partial charge in [0.2, 0.25) is 0 Å². The van der Waals surface area contributed by atoms with Gasteiger partial charge in [-0.2, -0.15) is 0 Å². The average molecular weight is 288 g/mol. The summed E-state index contributed by atoms with van der Waals surface area (Å²) in [6.45, 7) is 4.12. The van der Waals surface area contributed by atoms with Gasteiger partial charge in [0.15, 0.2) is 0 Å². The lowest BCUT2D eigenvalue weighted by atomic mass is 9.70. The van der Waals surface area contributed by atoms with E-state index in [9.17, 15) is 0 Å². The topological polar surface area (TPSA) is 25.8 Å². The van der Waals surface area contributed by atoms with Crippen LogP contribution in [0.25, 0.3) is 11.1 Å². The molecule has 2 heterocycles. The maximum absolute atomic E-state index is 4.71. The second-order valence-electron chi connectivity index (χ2n) is 6.36. The lowest BCUT2D eigenvalue weighted by Crippen LogP contribution is -2.21. The van der Waals surface area contributed by atoms with Crippen molar-refractivity contribution in [3.05, 3.63) is 71.3 Å². The van der Waals surface area contributed by atoms with Crippen molar-refractivity contribution in [3.63, 3.8) is 0 Å². The molecule has 2 aromatic heterocycles. The van der Waals surface area contributed by atoms with Gasteiger partial charge in [0.25, 0.3) is 0 Å². The summed E-state index contributed by atoms with van der Waals surface area (Å²) in [5, 5.41) is 0. The number of allylic oxidation sites excluding steroid dienone is 4. The van der Waals surface area contributed by atoms with Gasteiger partial charge < -0.3 is 0 Å². The minimum Gasteiger partial charge on any atom is -0.253 e. The highest BCUT2D eigenvalue weighted by atomic mass is 14.7. The maximum atomic E-state index is 4.71. The van der Waals surface area contributed by atoms with Crippen molar-refractivity contribution in [1.82, 2.24) is 9.97 Å². The van der Waals surface area contributed by atoms with E-state index >= 15 is 0 Å². The van der Waals surface area contributed by atoms with Crippen molar-refractivity contribution >= 4 is 11.1 Å². The molecular formula is C20H20N2. The molecule has 0 radical (unpaired) electrons. The van der Waals surface area contributed by atoms with E-state index in [0.29, 0.717) is 11.8 Å². The first-order valence-electron chi connectivity index (χ1n) is 8.02. The van der Waals surface area contributed by atoms with E-state index < -0.39 is 0 Å². The molecule has 0 aromatic carbocycles. The Bertz CT molecular complexity index is 718. The van der Waals surface area contributed by atoms with Crippen LogP contribution in [0.2, 0.25) is 0 Å². The second kappa shape index (κ2) is 5.20. The third-order valence-electron chi connectivity index (χ3n) is 4.72. The number of hydrogen-bond donors (Lipinski definition) is 0. The molecule has 0 N–H and O–H groups in total. The van der Waals surface area contributed by atoms with Gasteiger partial charge in [-0.25, -0.2) is 0 Å². The quantitative estimate of drug-likeness (QED) is 0.807. The van der Waals surface area contributed by atoms with Crippen LogP contribution in [-0.2, 0) is 0 Å². The Morgan fingerprint density at radius 1 is 0.727 bits per heavy atom. The number of aromatic nitrogens is 2. The first-order valence-corrected chi connectivity index (χ1v) is 8.02. The molecule has 110 valence electrons. The molecule has 2 atom stereocenters. The van der Waals surface area contributed by atoms with E-state index in [1.807, 2.05) is 0 Å². The highest BCUT2D eigenvalue weighted by Crippen LogP contribution is 2.46.